The summed E-state index contributed by atoms with van der Waals surface area (Å²) in [5, 5.41) is 8.60. The van der Waals surface area contributed by atoms with Gasteiger partial charge in [0.05, 0.1) is 7.29 Å². The third kappa shape index (κ3) is 3.28. The van der Waals surface area contributed by atoms with E-state index in [0.717, 1.165) is 19.4 Å². The van der Waals surface area contributed by atoms with Crippen molar-refractivity contribution in [3.63, 3.8) is 0 Å². The molecule has 0 aliphatic heterocycles. The molecule has 0 amide bonds. The molecule has 1 N–H and O–H groups in total. The normalized spacial score (nSPS) is 15.1. The van der Waals surface area contributed by atoms with E-state index in [1.54, 1.807) is 0 Å². The van der Waals surface area contributed by atoms with Crippen LogP contribution < -0.4 is 0 Å². The van der Waals surface area contributed by atoms with E-state index in [-0.39, 0.29) is 0 Å². The van der Waals surface area contributed by atoms with Crippen LogP contribution in [0, 0.1) is 5.92 Å². The lowest BCUT2D eigenvalue weighted by molar-refractivity contribution is -0.140. The van der Waals surface area contributed by atoms with Crippen LogP contribution in [0.4, 0.5) is 0 Å². The molecule has 0 rings (SSSR count). The fraction of sp³-hybridized carbons (Fsp3) is 0.625. The average Bonchev–Trinajstić information content (AvgIpc) is 1.97. The molecule has 0 aromatic carbocycles. The Bertz CT molecular complexity index is 143. The van der Waals surface area contributed by atoms with Crippen LogP contribution in [0.5, 0.6) is 0 Å². The van der Waals surface area contributed by atoms with Crippen LogP contribution in [0.25, 0.3) is 0 Å². The Balaban J connectivity index is 3.79. The van der Waals surface area contributed by atoms with E-state index in [9.17, 15) is 4.79 Å². The lowest BCUT2D eigenvalue weighted by Gasteiger charge is -2.03. The maximum absolute atomic E-state index is 10.5. The molecule has 0 bridgehead atoms. The van der Waals surface area contributed by atoms with E-state index in [4.69, 9.17) is 6.48 Å². The first-order chi connectivity index (χ1) is 5.22. The van der Waals surface area contributed by atoms with Crippen molar-refractivity contribution in [3.8, 4) is 0 Å². The van der Waals surface area contributed by atoms with Crippen molar-refractivity contribution in [3.05, 3.63) is 12.6 Å². The van der Waals surface area contributed by atoms with E-state index >= 15 is 0 Å². The standard InChI is InChI=1S/C8H14O2/c1-3-5-6-7(4-2)8(9)10/h4,7H,2-3,5-6H2,1H3,(H,9,10)/i2D. The summed E-state index contributed by atoms with van der Waals surface area (Å²) in [4.78, 5) is 10.5. The van der Waals surface area contributed by atoms with Crippen LogP contribution in [-0.4, -0.2) is 11.1 Å². The second-order valence-electron chi connectivity index (χ2n) is 2.28. The molecule has 1 atom stereocenters. The van der Waals surface area contributed by atoms with Gasteiger partial charge in [0.25, 0.3) is 0 Å². The number of carboxylic acids is 1. The van der Waals surface area contributed by atoms with E-state index < -0.39 is 11.9 Å². The molecule has 58 valence electrons. The summed E-state index contributed by atoms with van der Waals surface area (Å²) in [7, 11) is 0. The van der Waals surface area contributed by atoms with E-state index in [0.29, 0.717) is 6.42 Å². The first-order valence-electron chi connectivity index (χ1n) is 4.08. The van der Waals surface area contributed by atoms with Crippen molar-refractivity contribution in [1.29, 1.82) is 0 Å². The maximum Gasteiger partial charge on any atom is 0.310 e. The maximum atomic E-state index is 10.5. The molecule has 0 fully saturated rings. The van der Waals surface area contributed by atoms with Crippen molar-refractivity contribution < 1.29 is 11.3 Å². The Hall–Kier alpha value is -0.790. The Morgan fingerprint density at radius 3 is 3.10 bits per heavy atom. The second-order valence-corrected chi connectivity index (χ2v) is 2.28. The molecule has 0 aliphatic carbocycles. The number of aliphatic carboxylic acids is 1. The molecular formula is C8H14O2. The van der Waals surface area contributed by atoms with Gasteiger partial charge in [0.15, 0.2) is 0 Å². The van der Waals surface area contributed by atoms with Gasteiger partial charge < -0.3 is 5.11 Å². The van der Waals surface area contributed by atoms with Crippen LogP contribution in [0.3, 0.4) is 0 Å². The molecule has 1 unspecified atom stereocenters. The minimum atomic E-state index is -0.832. The van der Waals surface area contributed by atoms with Crippen molar-refractivity contribution >= 4 is 5.97 Å². The molecular weight excluding hydrogens is 128 g/mol. The van der Waals surface area contributed by atoms with Gasteiger partial charge in [0, 0.05) is 0 Å². The zero-order chi connectivity index (χ0) is 8.69. The summed E-state index contributed by atoms with van der Waals surface area (Å²) in [6, 6.07) is 0. The summed E-state index contributed by atoms with van der Waals surface area (Å²) in [5.41, 5.74) is 0. The molecule has 0 saturated carbocycles. The topological polar surface area (TPSA) is 37.3 Å². The van der Waals surface area contributed by atoms with Gasteiger partial charge in [-0.05, 0) is 6.42 Å². The highest BCUT2D eigenvalue weighted by molar-refractivity contribution is 5.71. The monoisotopic (exact) mass is 143 g/mol. The number of carbonyl (C=O) groups is 1. The fourth-order valence-electron chi connectivity index (χ4n) is 0.726. The molecule has 0 radical (unpaired) electrons. The van der Waals surface area contributed by atoms with Gasteiger partial charge in [-0.1, -0.05) is 25.8 Å². The second kappa shape index (κ2) is 5.03. The van der Waals surface area contributed by atoms with Gasteiger partial charge in [-0.15, -0.1) is 6.55 Å². The number of carboxylic acid groups (broad SMARTS) is 1. The van der Waals surface area contributed by atoms with Gasteiger partial charge in [-0.2, -0.15) is 0 Å². The average molecular weight is 143 g/mol. The minimum Gasteiger partial charge on any atom is -0.481 e. The summed E-state index contributed by atoms with van der Waals surface area (Å²) in [6.07, 6.45) is 3.95. The van der Waals surface area contributed by atoms with Crippen LogP contribution in [0.2, 0.25) is 0 Å². The lowest BCUT2D eigenvalue weighted by Crippen LogP contribution is -2.09. The predicted octanol–water partition coefficient (Wildman–Crippen LogP) is 2.06. The van der Waals surface area contributed by atoms with Crippen molar-refractivity contribution in [1.82, 2.24) is 0 Å². The lowest BCUT2D eigenvalue weighted by atomic mass is 10.0. The summed E-state index contributed by atoms with van der Waals surface area (Å²) >= 11 is 0. The Morgan fingerprint density at radius 2 is 2.70 bits per heavy atom. The van der Waals surface area contributed by atoms with Gasteiger partial charge in [-0.3, -0.25) is 4.79 Å². The number of hydrogen-bond donors (Lipinski definition) is 1. The summed E-state index contributed by atoms with van der Waals surface area (Å²) in [6.45, 7) is 3.07. The largest absolute Gasteiger partial charge is 0.481 e. The summed E-state index contributed by atoms with van der Waals surface area (Å²) < 4.78 is 6.72. The Morgan fingerprint density at radius 1 is 2.00 bits per heavy atom. The van der Waals surface area contributed by atoms with Gasteiger partial charge in [-0.25, -0.2) is 0 Å². The van der Waals surface area contributed by atoms with Crippen LogP contribution in [-0.2, 0) is 4.79 Å². The van der Waals surface area contributed by atoms with Gasteiger partial charge in [0.2, 0.25) is 0 Å². The van der Waals surface area contributed by atoms with Crippen molar-refractivity contribution in [2.45, 2.75) is 26.2 Å². The van der Waals surface area contributed by atoms with E-state index in [2.05, 4.69) is 0 Å². The van der Waals surface area contributed by atoms with Crippen LogP contribution >= 0.6 is 0 Å². The molecule has 2 heteroatoms. The molecule has 0 heterocycles. The zero-order valence-electron chi connectivity index (χ0n) is 7.21. The van der Waals surface area contributed by atoms with E-state index in [1.165, 1.54) is 6.08 Å². The third-order valence-electron chi connectivity index (χ3n) is 1.42. The molecule has 0 spiro atoms. The Kier molecular flexibility index (Phi) is 3.68. The van der Waals surface area contributed by atoms with E-state index in [1.807, 2.05) is 6.92 Å². The Labute approximate surface area is 63.0 Å². The number of rotatable bonds is 5. The minimum absolute atomic E-state index is 0.465. The fourth-order valence-corrected chi connectivity index (χ4v) is 0.726. The SMILES string of the molecule is [2H]C=CC(CCCC)C(=O)O. The zero-order valence-corrected chi connectivity index (χ0v) is 6.21. The summed E-state index contributed by atoms with van der Waals surface area (Å²) in [5.74, 6) is -1.30. The molecule has 2 nitrogen and oxygen atoms in total. The van der Waals surface area contributed by atoms with Crippen molar-refractivity contribution in [2.24, 2.45) is 5.92 Å². The van der Waals surface area contributed by atoms with Gasteiger partial charge in [0.1, 0.15) is 0 Å². The molecule has 0 saturated heterocycles. The quantitative estimate of drug-likeness (QED) is 0.598. The number of hydrogen-bond acceptors (Lipinski definition) is 1. The third-order valence-corrected chi connectivity index (χ3v) is 1.42. The molecule has 10 heavy (non-hydrogen) atoms. The molecule has 0 aromatic rings. The van der Waals surface area contributed by atoms with Crippen LogP contribution in [0.1, 0.15) is 27.6 Å². The highest BCUT2D eigenvalue weighted by Crippen LogP contribution is 2.08. The van der Waals surface area contributed by atoms with Gasteiger partial charge >= 0.3 is 5.97 Å². The highest BCUT2D eigenvalue weighted by Gasteiger charge is 2.10. The first kappa shape index (κ1) is 7.32. The molecule has 0 aliphatic rings. The predicted molar refractivity (Wildman–Crippen MR) is 40.8 cm³/mol. The number of unbranched alkanes of at least 4 members (excludes halogenated alkanes) is 1. The van der Waals surface area contributed by atoms with Crippen molar-refractivity contribution in [2.75, 3.05) is 0 Å². The van der Waals surface area contributed by atoms with Crippen LogP contribution in [0.15, 0.2) is 12.6 Å². The molecule has 0 aromatic heterocycles. The first-order valence-corrected chi connectivity index (χ1v) is 3.50. The highest BCUT2D eigenvalue weighted by atomic mass is 16.4. The smallest absolute Gasteiger partial charge is 0.310 e.